The Hall–Kier alpha value is -2.37. The SMILES string of the molecule is CC(C)(C)OC(=O)NC(=N)c1ccc(C2=NOC(CC(=O)[O-])C2)cn1.[Li+]. The third-order valence-corrected chi connectivity index (χ3v) is 3.11. The topological polar surface area (TPSA) is 137 Å². The van der Waals surface area contributed by atoms with Crippen LogP contribution in [0.15, 0.2) is 23.5 Å². The first-order valence-corrected chi connectivity index (χ1v) is 7.62. The molecule has 1 aromatic rings. The van der Waals surface area contributed by atoms with E-state index in [2.05, 4.69) is 15.5 Å². The molecule has 1 amide bonds. The average molecular weight is 354 g/mol. The van der Waals surface area contributed by atoms with Crippen molar-refractivity contribution in [2.45, 2.75) is 45.3 Å². The van der Waals surface area contributed by atoms with E-state index in [-0.39, 0.29) is 36.8 Å². The zero-order chi connectivity index (χ0) is 18.6. The number of hydrogen-bond donors (Lipinski definition) is 2. The van der Waals surface area contributed by atoms with Gasteiger partial charge >= 0.3 is 25.0 Å². The molecule has 1 aliphatic rings. The molecule has 134 valence electrons. The number of ether oxygens (including phenoxy) is 1. The molecule has 0 saturated carbocycles. The molecule has 0 fully saturated rings. The number of carboxylic acids is 1. The van der Waals surface area contributed by atoms with Crippen LogP contribution in [0.25, 0.3) is 0 Å². The fraction of sp³-hybridized carbons (Fsp3) is 0.438. The molecule has 0 bridgehead atoms. The van der Waals surface area contributed by atoms with Crippen molar-refractivity contribution in [2.75, 3.05) is 0 Å². The number of amides is 1. The summed E-state index contributed by atoms with van der Waals surface area (Å²) in [6.45, 7) is 5.17. The molecule has 0 saturated heterocycles. The van der Waals surface area contributed by atoms with Gasteiger partial charge in [0.05, 0.1) is 5.71 Å². The summed E-state index contributed by atoms with van der Waals surface area (Å²) in [6, 6.07) is 3.21. The average Bonchev–Trinajstić information content (AvgIpc) is 2.93. The van der Waals surface area contributed by atoms with Crippen molar-refractivity contribution in [3.05, 3.63) is 29.6 Å². The maximum atomic E-state index is 11.7. The second kappa shape index (κ2) is 8.83. The maximum absolute atomic E-state index is 11.7. The smallest absolute Gasteiger partial charge is 0.550 e. The van der Waals surface area contributed by atoms with E-state index >= 15 is 0 Å². The number of amidine groups is 1. The van der Waals surface area contributed by atoms with Crippen LogP contribution in [0, 0.1) is 5.41 Å². The number of hydrogen-bond acceptors (Lipinski definition) is 8. The van der Waals surface area contributed by atoms with E-state index in [9.17, 15) is 14.7 Å². The minimum absolute atomic E-state index is 0. The van der Waals surface area contributed by atoms with Crippen molar-refractivity contribution >= 4 is 23.6 Å². The van der Waals surface area contributed by atoms with Gasteiger partial charge in [0, 0.05) is 30.6 Å². The molecular formula is C16H19LiN4O5. The van der Waals surface area contributed by atoms with Crippen LogP contribution >= 0.6 is 0 Å². The number of carboxylic acid groups (broad SMARTS) is 1. The Balaban J connectivity index is 0.00000338. The van der Waals surface area contributed by atoms with E-state index < -0.39 is 23.8 Å². The van der Waals surface area contributed by atoms with Crippen molar-refractivity contribution in [1.29, 1.82) is 5.41 Å². The van der Waals surface area contributed by atoms with Gasteiger partial charge in [-0.15, -0.1) is 0 Å². The van der Waals surface area contributed by atoms with E-state index in [0.717, 1.165) is 0 Å². The van der Waals surface area contributed by atoms with E-state index in [4.69, 9.17) is 15.0 Å². The van der Waals surface area contributed by atoms with Gasteiger partial charge in [0.1, 0.15) is 17.4 Å². The third-order valence-electron chi connectivity index (χ3n) is 3.11. The number of nitrogens with zero attached hydrogens (tertiary/aromatic N) is 2. The number of alkyl carbamates (subject to hydrolysis) is 1. The van der Waals surface area contributed by atoms with Crippen LogP contribution < -0.4 is 29.3 Å². The van der Waals surface area contributed by atoms with Crippen molar-refractivity contribution in [1.82, 2.24) is 10.3 Å². The van der Waals surface area contributed by atoms with Gasteiger partial charge in [-0.05, 0) is 32.9 Å². The molecule has 2 N–H and O–H groups in total. The van der Waals surface area contributed by atoms with Crippen LogP contribution in [0.1, 0.15) is 44.9 Å². The van der Waals surface area contributed by atoms with E-state index in [1.165, 1.54) is 6.20 Å². The molecule has 9 nitrogen and oxygen atoms in total. The molecule has 10 heteroatoms. The zero-order valence-corrected chi connectivity index (χ0v) is 15.2. The number of nitrogens with one attached hydrogen (secondary N) is 2. The molecule has 1 aromatic heterocycles. The second-order valence-electron chi connectivity index (χ2n) is 6.48. The van der Waals surface area contributed by atoms with Crippen LogP contribution in [0.2, 0.25) is 0 Å². The van der Waals surface area contributed by atoms with Gasteiger partial charge in [0.15, 0.2) is 5.84 Å². The van der Waals surface area contributed by atoms with Gasteiger partial charge in [0.2, 0.25) is 0 Å². The number of carbonyl (C=O) groups excluding carboxylic acids is 2. The molecule has 2 rings (SSSR count). The largest absolute Gasteiger partial charge is 1.00 e. The van der Waals surface area contributed by atoms with Gasteiger partial charge in [-0.2, -0.15) is 0 Å². The standard InChI is InChI=1S/C16H20N4O5.Li/c1-16(2,3)24-15(23)19-14(17)11-5-4-9(8-18-11)12-6-10(25-20-12)7-13(21)22;/h4-5,8,10H,6-7H2,1-3H3,(H,21,22)(H2,17,19,23);/q;+1/p-1. The van der Waals surface area contributed by atoms with Crippen molar-refractivity contribution in [3.63, 3.8) is 0 Å². The van der Waals surface area contributed by atoms with Gasteiger partial charge < -0.3 is 19.5 Å². The first-order chi connectivity index (χ1) is 11.6. The normalized spacial score (nSPS) is 16.0. The Labute approximate surface area is 162 Å². The summed E-state index contributed by atoms with van der Waals surface area (Å²) in [4.78, 5) is 31.4. The molecular weight excluding hydrogens is 335 g/mol. The summed E-state index contributed by atoms with van der Waals surface area (Å²) in [6.07, 6.45) is 0.296. The Kier molecular flexibility index (Phi) is 7.36. The number of rotatable bonds is 4. The number of oxime groups is 1. The second-order valence-corrected chi connectivity index (χ2v) is 6.48. The molecule has 26 heavy (non-hydrogen) atoms. The number of aromatic nitrogens is 1. The fourth-order valence-electron chi connectivity index (χ4n) is 2.08. The van der Waals surface area contributed by atoms with Crippen LogP contribution in [-0.4, -0.2) is 40.3 Å². The Morgan fingerprint density at radius 2 is 2.12 bits per heavy atom. The predicted octanol–water partition coefficient (Wildman–Crippen LogP) is -2.43. The Bertz CT molecular complexity index is 712. The van der Waals surface area contributed by atoms with E-state index in [1.807, 2.05) is 0 Å². The zero-order valence-electron chi connectivity index (χ0n) is 15.2. The van der Waals surface area contributed by atoms with Crippen LogP contribution in [0.4, 0.5) is 4.79 Å². The fourth-order valence-corrected chi connectivity index (χ4v) is 2.08. The molecule has 0 spiro atoms. The minimum Gasteiger partial charge on any atom is -0.550 e. The quantitative estimate of drug-likeness (QED) is 0.350. The Morgan fingerprint density at radius 3 is 2.65 bits per heavy atom. The number of pyridine rings is 1. The predicted molar refractivity (Wildman–Crippen MR) is 86.1 cm³/mol. The molecule has 2 heterocycles. The molecule has 0 radical (unpaired) electrons. The summed E-state index contributed by atoms with van der Waals surface area (Å²) in [5.41, 5.74) is 0.802. The minimum atomic E-state index is -1.20. The summed E-state index contributed by atoms with van der Waals surface area (Å²) >= 11 is 0. The molecule has 1 atom stereocenters. The number of carbonyl (C=O) groups is 2. The van der Waals surface area contributed by atoms with E-state index in [1.54, 1.807) is 32.9 Å². The molecule has 1 aliphatic heterocycles. The molecule has 0 aliphatic carbocycles. The summed E-state index contributed by atoms with van der Waals surface area (Å²) in [5.74, 6) is -1.39. The van der Waals surface area contributed by atoms with Gasteiger partial charge in [-0.25, -0.2) is 4.79 Å². The summed E-state index contributed by atoms with van der Waals surface area (Å²) in [5, 5.41) is 24.6. The van der Waals surface area contributed by atoms with Gasteiger partial charge in [-0.1, -0.05) is 5.16 Å². The van der Waals surface area contributed by atoms with E-state index in [0.29, 0.717) is 17.7 Å². The maximum Gasteiger partial charge on any atom is 1.00 e. The van der Waals surface area contributed by atoms with Gasteiger partial charge in [0.25, 0.3) is 0 Å². The molecule has 0 aromatic carbocycles. The number of aliphatic carboxylic acids is 1. The van der Waals surface area contributed by atoms with Gasteiger partial charge in [-0.3, -0.25) is 15.7 Å². The van der Waals surface area contributed by atoms with Crippen LogP contribution in [0.5, 0.6) is 0 Å². The first-order valence-electron chi connectivity index (χ1n) is 7.62. The summed E-state index contributed by atoms with van der Waals surface area (Å²) < 4.78 is 5.07. The Morgan fingerprint density at radius 1 is 1.42 bits per heavy atom. The van der Waals surface area contributed by atoms with Crippen LogP contribution in [-0.2, 0) is 14.4 Å². The molecule has 1 unspecified atom stereocenters. The van der Waals surface area contributed by atoms with Crippen molar-refractivity contribution in [3.8, 4) is 0 Å². The monoisotopic (exact) mass is 354 g/mol. The van der Waals surface area contributed by atoms with Crippen molar-refractivity contribution in [2.24, 2.45) is 5.16 Å². The summed E-state index contributed by atoms with van der Waals surface area (Å²) in [7, 11) is 0. The first kappa shape index (κ1) is 21.7. The third kappa shape index (κ3) is 6.50. The van der Waals surface area contributed by atoms with Crippen molar-refractivity contribution < 1.29 is 43.1 Å². The van der Waals surface area contributed by atoms with Crippen LogP contribution in [0.3, 0.4) is 0 Å².